The minimum Gasteiger partial charge on any atom is -0.493 e. The normalized spacial score (nSPS) is 13.9. The Hall–Kier alpha value is -2.77. The van der Waals surface area contributed by atoms with E-state index in [9.17, 15) is 14.4 Å². The molecule has 0 atom stereocenters. The van der Waals surface area contributed by atoms with Gasteiger partial charge in [0.05, 0.1) is 21.3 Å². The lowest BCUT2D eigenvalue weighted by Crippen LogP contribution is -2.32. The van der Waals surface area contributed by atoms with Gasteiger partial charge in [-0.15, -0.1) is 0 Å². The Bertz CT molecular complexity index is 617. The van der Waals surface area contributed by atoms with Gasteiger partial charge >= 0.3 is 0 Å². The molecule has 0 saturated carbocycles. The molecule has 8 heteroatoms. The number of nitrogens with zero attached hydrogens (tertiary/aromatic N) is 1. The lowest BCUT2D eigenvalue weighted by atomic mass is 10.2. The van der Waals surface area contributed by atoms with E-state index in [0.29, 0.717) is 22.9 Å². The minimum atomic E-state index is -0.322. The van der Waals surface area contributed by atoms with Crippen LogP contribution in [0.15, 0.2) is 12.1 Å². The van der Waals surface area contributed by atoms with Crippen LogP contribution in [0.2, 0.25) is 0 Å². The molecular weight excluding hydrogens is 316 g/mol. The van der Waals surface area contributed by atoms with Crippen molar-refractivity contribution in [2.75, 3.05) is 33.2 Å². The number of methoxy groups -OCH3 is 3. The van der Waals surface area contributed by atoms with Gasteiger partial charge in [-0.05, 0) is 0 Å². The molecule has 1 N–H and O–H groups in total. The third-order valence-corrected chi connectivity index (χ3v) is 3.67. The van der Waals surface area contributed by atoms with E-state index in [1.54, 1.807) is 12.1 Å². The van der Waals surface area contributed by atoms with Crippen molar-refractivity contribution < 1.29 is 28.6 Å². The molecule has 1 aliphatic rings. The summed E-state index contributed by atoms with van der Waals surface area (Å²) in [4.78, 5) is 36.2. The fourth-order valence-electron chi connectivity index (χ4n) is 2.46. The molecule has 0 aliphatic carbocycles. The average molecular weight is 336 g/mol. The first-order chi connectivity index (χ1) is 11.5. The molecule has 0 spiro atoms. The topological polar surface area (TPSA) is 94.2 Å². The first-order valence-electron chi connectivity index (χ1n) is 7.43. The molecular formula is C16H20N2O6. The van der Waals surface area contributed by atoms with Gasteiger partial charge in [0.15, 0.2) is 11.5 Å². The monoisotopic (exact) mass is 336 g/mol. The van der Waals surface area contributed by atoms with Gasteiger partial charge in [-0.3, -0.25) is 19.3 Å². The minimum absolute atomic E-state index is 0.0220. The van der Waals surface area contributed by atoms with Crippen molar-refractivity contribution in [3.8, 4) is 17.2 Å². The predicted octanol–water partition coefficient (Wildman–Crippen LogP) is 1.19. The van der Waals surface area contributed by atoms with Crippen molar-refractivity contribution in [1.29, 1.82) is 0 Å². The lowest BCUT2D eigenvalue weighted by molar-refractivity contribution is -0.138. The van der Waals surface area contributed by atoms with E-state index in [0.717, 1.165) is 4.90 Å². The zero-order chi connectivity index (χ0) is 17.7. The van der Waals surface area contributed by atoms with Crippen molar-refractivity contribution in [2.24, 2.45) is 0 Å². The van der Waals surface area contributed by atoms with E-state index in [4.69, 9.17) is 14.2 Å². The maximum atomic E-state index is 12.1. The van der Waals surface area contributed by atoms with E-state index in [1.807, 2.05) is 0 Å². The van der Waals surface area contributed by atoms with Gasteiger partial charge in [0.1, 0.15) is 0 Å². The second-order valence-electron chi connectivity index (χ2n) is 5.15. The maximum absolute atomic E-state index is 12.1. The Balaban J connectivity index is 2.03. The molecule has 2 rings (SSSR count). The summed E-state index contributed by atoms with van der Waals surface area (Å²) in [5.74, 6) is 0.457. The summed E-state index contributed by atoms with van der Waals surface area (Å²) in [6.07, 6.45) is 0.453. The van der Waals surface area contributed by atoms with E-state index >= 15 is 0 Å². The summed E-state index contributed by atoms with van der Waals surface area (Å²) in [7, 11) is 4.45. The van der Waals surface area contributed by atoms with Gasteiger partial charge in [-0.25, -0.2) is 0 Å². The molecule has 1 aliphatic heterocycles. The number of hydrogen-bond donors (Lipinski definition) is 1. The highest BCUT2D eigenvalue weighted by Crippen LogP contribution is 2.39. The van der Waals surface area contributed by atoms with Gasteiger partial charge in [0.2, 0.25) is 23.5 Å². The van der Waals surface area contributed by atoms with E-state index in [-0.39, 0.29) is 43.5 Å². The number of carbonyl (C=O) groups is 3. The molecule has 8 nitrogen and oxygen atoms in total. The molecule has 0 bridgehead atoms. The fourth-order valence-corrected chi connectivity index (χ4v) is 2.46. The highest BCUT2D eigenvalue weighted by Gasteiger charge is 2.28. The number of rotatable bonds is 7. The molecule has 130 valence electrons. The Morgan fingerprint density at radius 2 is 1.58 bits per heavy atom. The summed E-state index contributed by atoms with van der Waals surface area (Å²) in [5, 5.41) is 2.69. The van der Waals surface area contributed by atoms with E-state index < -0.39 is 0 Å². The SMILES string of the molecule is COc1cc(NC(=O)CCN2C(=O)CCC2=O)cc(OC)c1OC. The van der Waals surface area contributed by atoms with Gasteiger partial charge in [0.25, 0.3) is 0 Å². The van der Waals surface area contributed by atoms with Crippen molar-refractivity contribution in [1.82, 2.24) is 4.90 Å². The molecule has 1 aromatic carbocycles. The van der Waals surface area contributed by atoms with Crippen molar-refractivity contribution in [3.05, 3.63) is 12.1 Å². The number of benzene rings is 1. The number of imide groups is 1. The van der Waals surface area contributed by atoms with Gasteiger partial charge in [0, 0.05) is 43.6 Å². The van der Waals surface area contributed by atoms with Crippen molar-refractivity contribution in [3.63, 3.8) is 0 Å². The van der Waals surface area contributed by atoms with Crippen LogP contribution < -0.4 is 19.5 Å². The Labute approximate surface area is 139 Å². The summed E-state index contributed by atoms with van der Waals surface area (Å²) in [6.45, 7) is 0.0773. The standard InChI is InChI=1S/C16H20N2O6/c1-22-11-8-10(9-12(23-2)16(11)24-3)17-13(19)6-7-18-14(20)4-5-15(18)21/h8-9H,4-7H2,1-3H3,(H,17,19). The third kappa shape index (κ3) is 3.76. The highest BCUT2D eigenvalue weighted by atomic mass is 16.5. The van der Waals surface area contributed by atoms with Crippen LogP contribution in [0.25, 0.3) is 0 Å². The quantitative estimate of drug-likeness (QED) is 0.752. The summed E-state index contributed by atoms with van der Waals surface area (Å²) in [5.41, 5.74) is 0.466. The Kier molecular flexibility index (Phi) is 5.62. The number of ether oxygens (including phenoxy) is 3. The van der Waals surface area contributed by atoms with Gasteiger partial charge in [-0.2, -0.15) is 0 Å². The first-order valence-corrected chi connectivity index (χ1v) is 7.43. The second-order valence-corrected chi connectivity index (χ2v) is 5.15. The zero-order valence-electron chi connectivity index (χ0n) is 13.9. The maximum Gasteiger partial charge on any atom is 0.229 e. The van der Waals surface area contributed by atoms with Crippen LogP contribution in [0.1, 0.15) is 19.3 Å². The van der Waals surface area contributed by atoms with Crippen LogP contribution in [-0.4, -0.2) is 50.5 Å². The van der Waals surface area contributed by atoms with Gasteiger partial charge < -0.3 is 19.5 Å². The zero-order valence-corrected chi connectivity index (χ0v) is 13.9. The van der Waals surface area contributed by atoms with Crippen LogP contribution in [0.4, 0.5) is 5.69 Å². The molecule has 0 unspecified atom stereocenters. The number of anilines is 1. The summed E-state index contributed by atoms with van der Waals surface area (Å²) < 4.78 is 15.6. The number of likely N-dealkylation sites (tertiary alicyclic amines) is 1. The summed E-state index contributed by atoms with van der Waals surface area (Å²) in [6, 6.07) is 3.21. The number of hydrogen-bond acceptors (Lipinski definition) is 6. The largest absolute Gasteiger partial charge is 0.493 e. The lowest BCUT2D eigenvalue weighted by Gasteiger charge is -2.16. The number of nitrogens with one attached hydrogen (secondary N) is 1. The smallest absolute Gasteiger partial charge is 0.229 e. The molecule has 1 heterocycles. The van der Waals surface area contributed by atoms with Crippen LogP contribution in [0.5, 0.6) is 17.2 Å². The third-order valence-electron chi connectivity index (χ3n) is 3.67. The van der Waals surface area contributed by atoms with Crippen molar-refractivity contribution >= 4 is 23.4 Å². The van der Waals surface area contributed by atoms with Crippen LogP contribution >= 0.6 is 0 Å². The predicted molar refractivity (Wildman–Crippen MR) is 85.3 cm³/mol. The number of amides is 3. The average Bonchev–Trinajstić information content (AvgIpc) is 2.90. The molecule has 0 aromatic heterocycles. The Morgan fingerprint density at radius 3 is 2.04 bits per heavy atom. The van der Waals surface area contributed by atoms with Crippen LogP contribution in [0, 0.1) is 0 Å². The second kappa shape index (κ2) is 7.67. The van der Waals surface area contributed by atoms with E-state index in [1.165, 1.54) is 21.3 Å². The molecule has 3 amide bonds. The van der Waals surface area contributed by atoms with Crippen LogP contribution in [-0.2, 0) is 14.4 Å². The molecule has 1 saturated heterocycles. The molecule has 1 fully saturated rings. The van der Waals surface area contributed by atoms with Crippen LogP contribution in [0.3, 0.4) is 0 Å². The molecule has 1 aromatic rings. The first kappa shape index (κ1) is 17.6. The Morgan fingerprint density at radius 1 is 1.04 bits per heavy atom. The molecule has 0 radical (unpaired) electrons. The van der Waals surface area contributed by atoms with E-state index in [2.05, 4.69) is 5.32 Å². The number of carbonyl (C=O) groups excluding carboxylic acids is 3. The highest BCUT2D eigenvalue weighted by molar-refractivity contribution is 6.02. The van der Waals surface area contributed by atoms with Crippen molar-refractivity contribution in [2.45, 2.75) is 19.3 Å². The van der Waals surface area contributed by atoms with Gasteiger partial charge in [-0.1, -0.05) is 0 Å². The molecule has 24 heavy (non-hydrogen) atoms. The summed E-state index contributed by atoms with van der Waals surface area (Å²) >= 11 is 0. The fraction of sp³-hybridized carbons (Fsp3) is 0.438.